The molecular weight excluding hydrogens is 288 g/mol. The lowest BCUT2D eigenvalue weighted by atomic mass is 10.0. The molecule has 0 bridgehead atoms. The van der Waals surface area contributed by atoms with Crippen molar-refractivity contribution in [1.29, 1.82) is 0 Å². The SMILES string of the molecule is CC(C)S(=O)(=O)c1ccc(NCC2CCOCC2)c(N)c1. The van der Waals surface area contributed by atoms with Crippen LogP contribution in [0.3, 0.4) is 0 Å². The number of nitrogen functional groups attached to an aromatic ring is 1. The summed E-state index contributed by atoms with van der Waals surface area (Å²) < 4.78 is 29.6. The van der Waals surface area contributed by atoms with E-state index >= 15 is 0 Å². The molecule has 1 aliphatic rings. The van der Waals surface area contributed by atoms with Gasteiger partial charge in [0, 0.05) is 19.8 Å². The van der Waals surface area contributed by atoms with Crippen molar-refractivity contribution in [2.45, 2.75) is 36.8 Å². The molecule has 1 saturated heterocycles. The van der Waals surface area contributed by atoms with Crippen molar-refractivity contribution in [3.8, 4) is 0 Å². The monoisotopic (exact) mass is 312 g/mol. The summed E-state index contributed by atoms with van der Waals surface area (Å²) >= 11 is 0. The largest absolute Gasteiger partial charge is 0.397 e. The maximum Gasteiger partial charge on any atom is 0.180 e. The van der Waals surface area contributed by atoms with Gasteiger partial charge in [0.05, 0.1) is 21.5 Å². The first-order chi connectivity index (χ1) is 9.91. The van der Waals surface area contributed by atoms with E-state index in [-0.39, 0.29) is 4.90 Å². The van der Waals surface area contributed by atoms with E-state index in [2.05, 4.69) is 5.32 Å². The zero-order chi connectivity index (χ0) is 15.5. The van der Waals surface area contributed by atoms with Crippen molar-refractivity contribution in [3.05, 3.63) is 18.2 Å². The normalized spacial score (nSPS) is 17.1. The molecule has 1 aromatic rings. The molecule has 5 nitrogen and oxygen atoms in total. The maximum absolute atomic E-state index is 12.1. The molecule has 0 saturated carbocycles. The molecule has 6 heteroatoms. The number of hydrogen-bond acceptors (Lipinski definition) is 5. The highest BCUT2D eigenvalue weighted by atomic mass is 32.2. The smallest absolute Gasteiger partial charge is 0.180 e. The lowest BCUT2D eigenvalue weighted by Crippen LogP contribution is -2.23. The van der Waals surface area contributed by atoms with Gasteiger partial charge in [0.25, 0.3) is 0 Å². The molecule has 21 heavy (non-hydrogen) atoms. The van der Waals surface area contributed by atoms with E-state index in [1.54, 1.807) is 32.0 Å². The highest BCUT2D eigenvalue weighted by Crippen LogP contribution is 2.26. The summed E-state index contributed by atoms with van der Waals surface area (Å²) in [6.45, 7) is 5.80. The second-order valence-corrected chi connectivity index (χ2v) is 8.28. The van der Waals surface area contributed by atoms with Crippen LogP contribution in [0.25, 0.3) is 0 Å². The van der Waals surface area contributed by atoms with Crippen LogP contribution in [-0.2, 0) is 14.6 Å². The van der Waals surface area contributed by atoms with Crippen LogP contribution in [-0.4, -0.2) is 33.4 Å². The van der Waals surface area contributed by atoms with E-state index in [1.807, 2.05) is 0 Å². The lowest BCUT2D eigenvalue weighted by molar-refractivity contribution is 0.0699. The minimum absolute atomic E-state index is 0.284. The Hall–Kier alpha value is -1.27. The van der Waals surface area contributed by atoms with E-state index in [0.29, 0.717) is 11.6 Å². The fraction of sp³-hybridized carbons (Fsp3) is 0.600. The summed E-state index contributed by atoms with van der Waals surface area (Å²) in [5.41, 5.74) is 7.25. The molecule has 2 rings (SSSR count). The third-order valence-electron chi connectivity index (χ3n) is 3.89. The number of anilines is 2. The third kappa shape index (κ3) is 3.89. The molecule has 0 aliphatic carbocycles. The van der Waals surface area contributed by atoms with Crippen LogP contribution in [0.1, 0.15) is 26.7 Å². The Bertz CT molecular complexity index is 579. The minimum atomic E-state index is -3.28. The molecule has 3 N–H and O–H groups in total. The number of nitrogens with one attached hydrogen (secondary N) is 1. The van der Waals surface area contributed by atoms with E-state index in [1.165, 1.54) is 0 Å². The number of hydrogen-bond donors (Lipinski definition) is 2. The lowest BCUT2D eigenvalue weighted by Gasteiger charge is -2.23. The van der Waals surface area contributed by atoms with Gasteiger partial charge in [-0.3, -0.25) is 0 Å². The van der Waals surface area contributed by atoms with E-state index in [0.717, 1.165) is 38.3 Å². The Morgan fingerprint density at radius 3 is 2.57 bits per heavy atom. The summed E-state index contributed by atoms with van der Waals surface area (Å²) in [6, 6.07) is 4.92. The Balaban J connectivity index is 2.05. The number of ether oxygens (including phenoxy) is 1. The molecule has 1 aliphatic heterocycles. The average molecular weight is 312 g/mol. The van der Waals surface area contributed by atoms with Gasteiger partial charge in [0.2, 0.25) is 0 Å². The van der Waals surface area contributed by atoms with Crippen molar-refractivity contribution in [1.82, 2.24) is 0 Å². The van der Waals surface area contributed by atoms with Gasteiger partial charge in [-0.1, -0.05) is 0 Å². The van der Waals surface area contributed by atoms with Gasteiger partial charge < -0.3 is 15.8 Å². The highest BCUT2D eigenvalue weighted by molar-refractivity contribution is 7.92. The van der Waals surface area contributed by atoms with E-state index in [9.17, 15) is 8.42 Å². The highest BCUT2D eigenvalue weighted by Gasteiger charge is 2.20. The van der Waals surface area contributed by atoms with Crippen LogP contribution in [0.2, 0.25) is 0 Å². The van der Waals surface area contributed by atoms with Crippen molar-refractivity contribution >= 4 is 21.2 Å². The number of benzene rings is 1. The van der Waals surface area contributed by atoms with Gasteiger partial charge in [-0.2, -0.15) is 0 Å². The molecule has 1 fully saturated rings. The van der Waals surface area contributed by atoms with Gasteiger partial charge in [0.1, 0.15) is 0 Å². The number of rotatable bonds is 5. The first kappa shape index (κ1) is 16.1. The standard InChI is InChI=1S/C15H24N2O3S/c1-11(2)21(18,19)13-3-4-15(14(16)9-13)17-10-12-5-7-20-8-6-12/h3-4,9,11-12,17H,5-8,10,16H2,1-2H3. The van der Waals surface area contributed by atoms with Crippen LogP contribution in [0.5, 0.6) is 0 Å². The summed E-state index contributed by atoms with van der Waals surface area (Å²) in [6.07, 6.45) is 2.10. The van der Waals surface area contributed by atoms with Crippen LogP contribution < -0.4 is 11.1 Å². The molecule has 118 valence electrons. The van der Waals surface area contributed by atoms with E-state index in [4.69, 9.17) is 10.5 Å². The molecular formula is C15H24N2O3S. The van der Waals surface area contributed by atoms with Gasteiger partial charge in [-0.25, -0.2) is 8.42 Å². The predicted octanol–water partition coefficient (Wildman–Crippen LogP) is 2.29. The van der Waals surface area contributed by atoms with Gasteiger partial charge in [0.15, 0.2) is 9.84 Å². The molecule has 0 aromatic heterocycles. The topological polar surface area (TPSA) is 81.4 Å². The van der Waals surface area contributed by atoms with Crippen molar-refractivity contribution < 1.29 is 13.2 Å². The Morgan fingerprint density at radius 2 is 2.00 bits per heavy atom. The first-order valence-corrected chi connectivity index (χ1v) is 8.91. The van der Waals surface area contributed by atoms with Crippen molar-refractivity contribution in [2.75, 3.05) is 30.8 Å². The predicted molar refractivity (Wildman–Crippen MR) is 85.2 cm³/mol. The van der Waals surface area contributed by atoms with Gasteiger partial charge in [-0.15, -0.1) is 0 Å². The van der Waals surface area contributed by atoms with Crippen LogP contribution in [0.4, 0.5) is 11.4 Å². The molecule has 1 heterocycles. The zero-order valence-electron chi connectivity index (χ0n) is 12.6. The van der Waals surface area contributed by atoms with Gasteiger partial charge >= 0.3 is 0 Å². The van der Waals surface area contributed by atoms with Crippen molar-refractivity contribution in [3.63, 3.8) is 0 Å². The molecule has 0 unspecified atom stereocenters. The molecule has 0 amide bonds. The van der Waals surface area contributed by atoms with Crippen LogP contribution in [0.15, 0.2) is 23.1 Å². The number of sulfone groups is 1. The molecule has 1 aromatic carbocycles. The number of nitrogens with two attached hydrogens (primary N) is 1. The second-order valence-electron chi connectivity index (χ2n) is 5.78. The van der Waals surface area contributed by atoms with E-state index < -0.39 is 15.1 Å². The summed E-state index contributed by atoms with van der Waals surface area (Å²) in [4.78, 5) is 0.284. The summed E-state index contributed by atoms with van der Waals surface area (Å²) in [7, 11) is -3.28. The maximum atomic E-state index is 12.1. The minimum Gasteiger partial charge on any atom is -0.397 e. The van der Waals surface area contributed by atoms with Crippen LogP contribution in [0, 0.1) is 5.92 Å². The van der Waals surface area contributed by atoms with Gasteiger partial charge in [-0.05, 0) is 50.8 Å². The van der Waals surface area contributed by atoms with Crippen molar-refractivity contribution in [2.24, 2.45) is 5.92 Å². The fourth-order valence-corrected chi connectivity index (χ4v) is 3.45. The molecule has 0 spiro atoms. The quantitative estimate of drug-likeness (QED) is 0.815. The summed E-state index contributed by atoms with van der Waals surface area (Å²) in [5.74, 6) is 0.581. The second kappa shape index (κ2) is 6.66. The van der Waals surface area contributed by atoms with Crippen LogP contribution >= 0.6 is 0 Å². The first-order valence-electron chi connectivity index (χ1n) is 7.36. The fourth-order valence-electron chi connectivity index (χ4n) is 2.36. The Labute approximate surface area is 126 Å². The third-order valence-corrected chi connectivity index (χ3v) is 6.05. The molecule has 0 atom stereocenters. The average Bonchev–Trinajstić information content (AvgIpc) is 2.46. The zero-order valence-corrected chi connectivity index (χ0v) is 13.4. The Morgan fingerprint density at radius 1 is 1.33 bits per heavy atom. The summed E-state index contributed by atoms with van der Waals surface area (Å²) in [5, 5.41) is 2.87. The Kier molecular flexibility index (Phi) is 5.11. The molecule has 0 radical (unpaired) electrons.